The lowest BCUT2D eigenvalue weighted by molar-refractivity contribution is 0.536. The van der Waals surface area contributed by atoms with E-state index >= 15 is 0 Å². The van der Waals surface area contributed by atoms with Gasteiger partial charge in [-0.25, -0.2) is 4.98 Å². The topological polar surface area (TPSA) is 38.1 Å². The van der Waals surface area contributed by atoms with Crippen molar-refractivity contribution in [3.63, 3.8) is 0 Å². The summed E-state index contributed by atoms with van der Waals surface area (Å²) in [5.41, 5.74) is 2.29. The molecule has 16 heavy (non-hydrogen) atoms. The quantitative estimate of drug-likeness (QED) is 0.866. The summed E-state index contributed by atoms with van der Waals surface area (Å²) < 4.78 is 5.06. The standard InChI is InChI=1S/C12H16N2OS/c1-3-12-14-11(8-16-12)6-13-9(2)10-4-5-15-7-10/h4-5,7-9,13H,3,6H2,1-2H3. The highest BCUT2D eigenvalue weighted by Gasteiger charge is 2.07. The van der Waals surface area contributed by atoms with Gasteiger partial charge in [0.1, 0.15) is 0 Å². The van der Waals surface area contributed by atoms with E-state index in [4.69, 9.17) is 4.42 Å². The summed E-state index contributed by atoms with van der Waals surface area (Å²) in [6, 6.07) is 2.28. The maximum atomic E-state index is 5.06. The Hall–Kier alpha value is -1.13. The first kappa shape index (κ1) is 11.4. The molecule has 0 aliphatic rings. The minimum Gasteiger partial charge on any atom is -0.472 e. The molecule has 2 aromatic heterocycles. The van der Waals surface area contributed by atoms with Crippen LogP contribution in [0, 0.1) is 0 Å². The van der Waals surface area contributed by atoms with Gasteiger partial charge in [0, 0.05) is 23.5 Å². The molecule has 0 bridgehead atoms. The Balaban J connectivity index is 1.87. The molecule has 0 saturated heterocycles. The SMILES string of the molecule is CCc1nc(CNC(C)c2ccoc2)cs1. The molecule has 1 N–H and O–H groups in total. The summed E-state index contributed by atoms with van der Waals surface area (Å²) in [6.07, 6.45) is 4.49. The fourth-order valence-electron chi connectivity index (χ4n) is 1.49. The Morgan fingerprint density at radius 2 is 2.44 bits per heavy atom. The largest absolute Gasteiger partial charge is 0.472 e. The van der Waals surface area contributed by atoms with Gasteiger partial charge >= 0.3 is 0 Å². The Labute approximate surface area is 99.5 Å². The van der Waals surface area contributed by atoms with Gasteiger partial charge in [-0.15, -0.1) is 11.3 Å². The minimum absolute atomic E-state index is 0.297. The van der Waals surface area contributed by atoms with Gasteiger partial charge in [-0.1, -0.05) is 6.92 Å². The zero-order chi connectivity index (χ0) is 11.4. The molecular weight excluding hydrogens is 220 g/mol. The number of nitrogens with one attached hydrogen (secondary N) is 1. The molecule has 0 aliphatic heterocycles. The highest BCUT2D eigenvalue weighted by Crippen LogP contribution is 2.14. The summed E-state index contributed by atoms with van der Waals surface area (Å²) in [4.78, 5) is 4.51. The molecule has 1 atom stereocenters. The molecule has 86 valence electrons. The molecule has 0 radical (unpaired) electrons. The van der Waals surface area contributed by atoms with Crippen LogP contribution in [0.4, 0.5) is 0 Å². The Morgan fingerprint density at radius 1 is 1.56 bits per heavy atom. The first-order valence-electron chi connectivity index (χ1n) is 5.48. The van der Waals surface area contributed by atoms with Crippen LogP contribution >= 0.6 is 11.3 Å². The number of hydrogen-bond donors (Lipinski definition) is 1. The first-order chi connectivity index (χ1) is 7.79. The zero-order valence-corrected chi connectivity index (χ0v) is 10.4. The Bertz CT molecular complexity index is 422. The van der Waals surface area contributed by atoms with Crippen molar-refractivity contribution in [2.24, 2.45) is 0 Å². The van der Waals surface area contributed by atoms with E-state index in [1.807, 2.05) is 6.07 Å². The number of aromatic nitrogens is 1. The average molecular weight is 236 g/mol. The Kier molecular flexibility index (Phi) is 3.74. The van der Waals surface area contributed by atoms with Gasteiger partial charge in [-0.2, -0.15) is 0 Å². The van der Waals surface area contributed by atoms with E-state index in [-0.39, 0.29) is 0 Å². The summed E-state index contributed by atoms with van der Waals surface area (Å²) in [6.45, 7) is 5.06. The van der Waals surface area contributed by atoms with Gasteiger partial charge in [-0.05, 0) is 19.4 Å². The van der Waals surface area contributed by atoms with Crippen LogP contribution < -0.4 is 5.32 Å². The van der Waals surface area contributed by atoms with Crippen LogP contribution in [0.5, 0.6) is 0 Å². The number of hydrogen-bond acceptors (Lipinski definition) is 4. The second kappa shape index (κ2) is 5.27. The lowest BCUT2D eigenvalue weighted by atomic mass is 10.2. The molecule has 0 aliphatic carbocycles. The molecule has 0 fully saturated rings. The van der Waals surface area contributed by atoms with Crippen LogP contribution in [0.15, 0.2) is 28.4 Å². The number of thiazole rings is 1. The van der Waals surface area contributed by atoms with Crippen molar-refractivity contribution in [3.05, 3.63) is 40.2 Å². The van der Waals surface area contributed by atoms with Gasteiger partial charge in [0.05, 0.1) is 23.2 Å². The maximum absolute atomic E-state index is 5.06. The van der Waals surface area contributed by atoms with Gasteiger partial charge in [0.15, 0.2) is 0 Å². The maximum Gasteiger partial charge on any atom is 0.0950 e. The normalized spacial score (nSPS) is 12.9. The lowest BCUT2D eigenvalue weighted by Crippen LogP contribution is -2.17. The predicted molar refractivity (Wildman–Crippen MR) is 65.5 cm³/mol. The molecule has 2 rings (SSSR count). The fourth-order valence-corrected chi connectivity index (χ4v) is 2.23. The summed E-state index contributed by atoms with van der Waals surface area (Å²) in [7, 11) is 0. The molecule has 4 heteroatoms. The summed E-state index contributed by atoms with van der Waals surface area (Å²) >= 11 is 1.73. The third-order valence-corrected chi connectivity index (χ3v) is 3.58. The summed E-state index contributed by atoms with van der Waals surface area (Å²) in [5, 5.41) is 6.74. The van der Waals surface area contributed by atoms with Crippen LogP contribution in [0.1, 0.15) is 36.2 Å². The predicted octanol–water partition coefficient (Wildman–Crippen LogP) is 3.15. The molecule has 0 amide bonds. The van der Waals surface area contributed by atoms with Gasteiger partial charge < -0.3 is 9.73 Å². The smallest absolute Gasteiger partial charge is 0.0950 e. The lowest BCUT2D eigenvalue weighted by Gasteiger charge is -2.10. The number of nitrogens with zero attached hydrogens (tertiary/aromatic N) is 1. The van der Waals surface area contributed by atoms with E-state index in [0.717, 1.165) is 18.7 Å². The van der Waals surface area contributed by atoms with E-state index in [1.54, 1.807) is 23.9 Å². The van der Waals surface area contributed by atoms with Crippen LogP contribution in [-0.2, 0) is 13.0 Å². The molecule has 2 aromatic rings. The molecule has 0 spiro atoms. The van der Waals surface area contributed by atoms with Crippen molar-refractivity contribution >= 4 is 11.3 Å². The molecule has 1 unspecified atom stereocenters. The van der Waals surface area contributed by atoms with Crippen molar-refractivity contribution < 1.29 is 4.42 Å². The third-order valence-electron chi connectivity index (χ3n) is 2.53. The number of aryl methyl sites for hydroxylation is 1. The molecular formula is C12H16N2OS. The average Bonchev–Trinajstić information content (AvgIpc) is 2.96. The van der Waals surface area contributed by atoms with Gasteiger partial charge in [0.25, 0.3) is 0 Å². The van der Waals surface area contributed by atoms with Crippen molar-refractivity contribution in [3.8, 4) is 0 Å². The second-order valence-corrected chi connectivity index (χ2v) is 4.69. The molecule has 0 saturated carbocycles. The second-order valence-electron chi connectivity index (χ2n) is 3.75. The van der Waals surface area contributed by atoms with Crippen LogP contribution in [0.3, 0.4) is 0 Å². The van der Waals surface area contributed by atoms with E-state index < -0.39 is 0 Å². The molecule has 3 nitrogen and oxygen atoms in total. The van der Waals surface area contributed by atoms with Crippen LogP contribution in [0.2, 0.25) is 0 Å². The van der Waals surface area contributed by atoms with Crippen molar-refractivity contribution in [1.29, 1.82) is 0 Å². The van der Waals surface area contributed by atoms with Gasteiger partial charge in [0.2, 0.25) is 0 Å². The van der Waals surface area contributed by atoms with Crippen LogP contribution in [0.25, 0.3) is 0 Å². The van der Waals surface area contributed by atoms with Crippen molar-refractivity contribution in [2.45, 2.75) is 32.9 Å². The summed E-state index contributed by atoms with van der Waals surface area (Å²) in [5.74, 6) is 0. The van der Waals surface area contributed by atoms with Crippen LogP contribution in [-0.4, -0.2) is 4.98 Å². The van der Waals surface area contributed by atoms with E-state index in [2.05, 4.69) is 29.5 Å². The Morgan fingerprint density at radius 3 is 3.06 bits per heavy atom. The minimum atomic E-state index is 0.297. The number of furan rings is 1. The zero-order valence-electron chi connectivity index (χ0n) is 9.56. The fraction of sp³-hybridized carbons (Fsp3) is 0.417. The van der Waals surface area contributed by atoms with Crippen molar-refractivity contribution in [2.75, 3.05) is 0 Å². The van der Waals surface area contributed by atoms with E-state index in [1.165, 1.54) is 10.6 Å². The third kappa shape index (κ3) is 2.71. The first-order valence-corrected chi connectivity index (χ1v) is 6.36. The highest BCUT2D eigenvalue weighted by atomic mass is 32.1. The van der Waals surface area contributed by atoms with E-state index in [9.17, 15) is 0 Å². The number of rotatable bonds is 5. The van der Waals surface area contributed by atoms with Gasteiger partial charge in [-0.3, -0.25) is 0 Å². The van der Waals surface area contributed by atoms with E-state index in [0.29, 0.717) is 6.04 Å². The highest BCUT2D eigenvalue weighted by molar-refractivity contribution is 7.09. The monoisotopic (exact) mass is 236 g/mol. The molecule has 2 heterocycles. The van der Waals surface area contributed by atoms with Crippen molar-refractivity contribution in [1.82, 2.24) is 10.3 Å². The molecule has 0 aromatic carbocycles.